The Morgan fingerprint density at radius 1 is 0.971 bits per heavy atom. The second kappa shape index (κ2) is 9.74. The van der Waals surface area contributed by atoms with Crippen LogP contribution in [0.1, 0.15) is 19.8 Å². The third kappa shape index (κ3) is 4.90. The average Bonchev–Trinajstić information content (AvgIpc) is 3.35. The van der Waals surface area contributed by atoms with E-state index in [-0.39, 0.29) is 11.8 Å². The van der Waals surface area contributed by atoms with E-state index in [0.717, 1.165) is 48.9 Å². The molecule has 10 nitrogen and oxygen atoms in total. The molecular weight excluding hydrogens is 434 g/mol. The van der Waals surface area contributed by atoms with E-state index in [0.29, 0.717) is 18.0 Å². The van der Waals surface area contributed by atoms with Crippen molar-refractivity contribution in [2.75, 3.05) is 29.9 Å². The van der Waals surface area contributed by atoms with Gasteiger partial charge in [-0.15, -0.1) is 14.8 Å². The van der Waals surface area contributed by atoms with Crippen molar-refractivity contribution in [3.05, 3.63) is 60.7 Å². The first-order valence-electron chi connectivity index (χ1n) is 11.3. The molecule has 0 atom stereocenters. The number of carbonyl (C=O) groups excluding carboxylic acids is 1. The highest BCUT2D eigenvalue weighted by atomic mass is 16.5. The first kappa shape index (κ1) is 21.6. The van der Waals surface area contributed by atoms with Crippen molar-refractivity contribution in [3.8, 4) is 17.2 Å². The molecule has 34 heavy (non-hydrogen) atoms. The topological polar surface area (TPSA) is 107 Å². The van der Waals surface area contributed by atoms with Crippen LogP contribution in [0, 0.1) is 5.92 Å². The first-order chi connectivity index (χ1) is 16.7. The molecule has 5 rings (SSSR count). The number of piperidine rings is 1. The van der Waals surface area contributed by atoms with Crippen LogP contribution in [0.15, 0.2) is 60.7 Å². The minimum Gasteiger partial charge on any atom is -0.494 e. The van der Waals surface area contributed by atoms with Crippen molar-refractivity contribution < 1.29 is 14.3 Å². The molecule has 3 heterocycles. The van der Waals surface area contributed by atoms with E-state index in [9.17, 15) is 4.79 Å². The zero-order valence-corrected chi connectivity index (χ0v) is 18.8. The molecule has 0 saturated carbocycles. The number of nitrogens with zero attached hydrogens (tertiary/aromatic N) is 6. The van der Waals surface area contributed by atoms with Gasteiger partial charge in [0.2, 0.25) is 5.91 Å². The normalized spacial score (nSPS) is 14.2. The Hall–Kier alpha value is -4.21. The summed E-state index contributed by atoms with van der Waals surface area (Å²) >= 11 is 0. The lowest BCUT2D eigenvalue weighted by Crippen LogP contribution is -2.38. The average molecular weight is 460 g/mol. The van der Waals surface area contributed by atoms with Crippen LogP contribution in [0.5, 0.6) is 17.2 Å². The molecule has 1 aliphatic rings. The SMILES string of the molecule is CCOc1ccc(Oc2ccc(NC(=O)C3CCN(c4ccc5nnnn5n4)CC3)cc2)cc1. The summed E-state index contributed by atoms with van der Waals surface area (Å²) in [5.41, 5.74) is 1.35. The van der Waals surface area contributed by atoms with Crippen molar-refractivity contribution >= 4 is 23.1 Å². The monoisotopic (exact) mass is 459 g/mol. The number of ether oxygens (including phenoxy) is 2. The number of anilines is 2. The molecule has 0 aliphatic carbocycles. The van der Waals surface area contributed by atoms with Crippen LogP contribution < -0.4 is 19.7 Å². The molecule has 1 aliphatic heterocycles. The summed E-state index contributed by atoms with van der Waals surface area (Å²) in [7, 11) is 0. The number of aromatic nitrogens is 5. The Labute approximate surface area is 196 Å². The van der Waals surface area contributed by atoms with Crippen LogP contribution in [0.2, 0.25) is 0 Å². The molecule has 1 saturated heterocycles. The highest BCUT2D eigenvalue weighted by Crippen LogP contribution is 2.26. The molecule has 0 radical (unpaired) electrons. The third-order valence-electron chi connectivity index (χ3n) is 5.74. The molecule has 0 unspecified atom stereocenters. The lowest BCUT2D eigenvalue weighted by atomic mass is 9.96. The zero-order valence-electron chi connectivity index (χ0n) is 18.8. The predicted molar refractivity (Wildman–Crippen MR) is 126 cm³/mol. The summed E-state index contributed by atoms with van der Waals surface area (Å²) < 4.78 is 12.7. The molecule has 1 fully saturated rings. The summed E-state index contributed by atoms with van der Waals surface area (Å²) in [5, 5.41) is 18.8. The fourth-order valence-corrected chi connectivity index (χ4v) is 3.94. The fourth-order valence-electron chi connectivity index (χ4n) is 3.94. The van der Waals surface area contributed by atoms with Gasteiger partial charge in [-0.05, 0) is 90.9 Å². The van der Waals surface area contributed by atoms with E-state index in [1.54, 1.807) is 0 Å². The third-order valence-corrected chi connectivity index (χ3v) is 5.74. The van der Waals surface area contributed by atoms with Gasteiger partial charge in [-0.1, -0.05) is 0 Å². The summed E-state index contributed by atoms with van der Waals surface area (Å²) in [6.45, 7) is 4.06. The minimum absolute atomic E-state index is 0.0312. The highest BCUT2D eigenvalue weighted by molar-refractivity contribution is 5.92. The molecule has 4 aromatic rings. The summed E-state index contributed by atoms with van der Waals surface area (Å²) in [5.74, 6) is 3.02. The lowest BCUT2D eigenvalue weighted by Gasteiger charge is -2.31. The Bertz CT molecular complexity index is 1250. The molecule has 1 amide bonds. The summed E-state index contributed by atoms with van der Waals surface area (Å²) in [6.07, 6.45) is 1.50. The number of rotatable bonds is 7. The second-order valence-corrected chi connectivity index (χ2v) is 8.00. The fraction of sp³-hybridized carbons (Fsp3) is 0.292. The van der Waals surface area contributed by atoms with E-state index in [4.69, 9.17) is 9.47 Å². The molecular formula is C24H25N7O3. The van der Waals surface area contributed by atoms with E-state index in [1.165, 1.54) is 4.63 Å². The van der Waals surface area contributed by atoms with Gasteiger partial charge < -0.3 is 19.7 Å². The molecule has 174 valence electrons. The lowest BCUT2D eigenvalue weighted by molar-refractivity contribution is -0.120. The van der Waals surface area contributed by atoms with Crippen LogP contribution in [-0.2, 0) is 4.79 Å². The highest BCUT2D eigenvalue weighted by Gasteiger charge is 2.26. The van der Waals surface area contributed by atoms with Crippen molar-refractivity contribution in [3.63, 3.8) is 0 Å². The Morgan fingerprint density at radius 3 is 2.35 bits per heavy atom. The minimum atomic E-state index is -0.0483. The number of hydrogen-bond acceptors (Lipinski definition) is 8. The predicted octanol–water partition coefficient (Wildman–Crippen LogP) is 3.57. The Morgan fingerprint density at radius 2 is 1.65 bits per heavy atom. The van der Waals surface area contributed by atoms with Gasteiger partial charge in [0.15, 0.2) is 11.5 Å². The number of amides is 1. The number of hydrogen-bond donors (Lipinski definition) is 1. The maximum Gasteiger partial charge on any atom is 0.227 e. The molecule has 2 aromatic heterocycles. The van der Waals surface area contributed by atoms with Crippen molar-refractivity contribution in [2.45, 2.75) is 19.8 Å². The van der Waals surface area contributed by atoms with Crippen LogP contribution in [0.3, 0.4) is 0 Å². The van der Waals surface area contributed by atoms with Crippen molar-refractivity contribution in [2.24, 2.45) is 5.92 Å². The van der Waals surface area contributed by atoms with Gasteiger partial charge in [-0.2, -0.15) is 0 Å². The molecule has 0 spiro atoms. The number of carbonyl (C=O) groups is 1. The van der Waals surface area contributed by atoms with Gasteiger partial charge >= 0.3 is 0 Å². The van der Waals surface area contributed by atoms with Gasteiger partial charge in [0.1, 0.15) is 17.2 Å². The zero-order chi connectivity index (χ0) is 23.3. The van der Waals surface area contributed by atoms with Crippen LogP contribution >= 0.6 is 0 Å². The molecule has 0 bridgehead atoms. The van der Waals surface area contributed by atoms with E-state index in [1.807, 2.05) is 67.6 Å². The standard InChI is InChI=1S/C24H25N7O3/c1-2-33-19-7-9-21(10-8-19)34-20-5-3-18(4-6-20)25-24(32)17-13-15-30(16-14-17)23-12-11-22-26-28-29-31(22)27-23/h3-12,17H,2,13-16H2,1H3,(H,25,32). The Balaban J connectivity index is 1.12. The first-order valence-corrected chi connectivity index (χ1v) is 11.3. The maximum atomic E-state index is 12.8. The Kier molecular flexibility index (Phi) is 6.19. The van der Waals surface area contributed by atoms with Gasteiger partial charge in [0, 0.05) is 24.7 Å². The van der Waals surface area contributed by atoms with E-state index < -0.39 is 0 Å². The van der Waals surface area contributed by atoms with Crippen LogP contribution in [0.4, 0.5) is 11.5 Å². The van der Waals surface area contributed by atoms with Gasteiger partial charge in [0.05, 0.1) is 6.61 Å². The second-order valence-electron chi connectivity index (χ2n) is 8.00. The quantitative estimate of drug-likeness (QED) is 0.447. The molecule has 10 heteroatoms. The van der Waals surface area contributed by atoms with Gasteiger partial charge in [-0.3, -0.25) is 4.79 Å². The van der Waals surface area contributed by atoms with E-state index >= 15 is 0 Å². The summed E-state index contributed by atoms with van der Waals surface area (Å²) in [6, 6.07) is 18.6. The smallest absolute Gasteiger partial charge is 0.227 e. The van der Waals surface area contributed by atoms with Crippen molar-refractivity contribution in [1.82, 2.24) is 25.3 Å². The van der Waals surface area contributed by atoms with Gasteiger partial charge in [-0.25, -0.2) is 0 Å². The summed E-state index contributed by atoms with van der Waals surface area (Å²) in [4.78, 5) is 14.9. The molecule has 1 N–H and O–H groups in total. The van der Waals surface area contributed by atoms with Crippen LogP contribution in [0.25, 0.3) is 5.65 Å². The number of tetrazole rings is 1. The van der Waals surface area contributed by atoms with Crippen molar-refractivity contribution in [1.29, 1.82) is 0 Å². The number of fused-ring (bicyclic) bond motifs is 1. The van der Waals surface area contributed by atoms with Gasteiger partial charge in [0.25, 0.3) is 0 Å². The maximum absolute atomic E-state index is 12.8. The largest absolute Gasteiger partial charge is 0.494 e. The number of benzene rings is 2. The van der Waals surface area contributed by atoms with E-state index in [2.05, 4.69) is 30.8 Å². The van der Waals surface area contributed by atoms with Crippen LogP contribution in [-0.4, -0.2) is 50.9 Å². The molecule has 2 aromatic carbocycles. The number of nitrogens with one attached hydrogen (secondary N) is 1.